The van der Waals surface area contributed by atoms with E-state index in [0.717, 1.165) is 43.9 Å². The van der Waals surface area contributed by atoms with E-state index >= 15 is 0 Å². The van der Waals surface area contributed by atoms with Gasteiger partial charge in [-0.3, -0.25) is 9.58 Å². The monoisotopic (exact) mass is 353 g/mol. The molecule has 0 amide bonds. The molecule has 1 fully saturated rings. The Bertz CT molecular complexity index is 830. The van der Waals surface area contributed by atoms with Gasteiger partial charge in [0.1, 0.15) is 0 Å². The number of aryl methyl sites for hydroxylation is 1. The topological polar surface area (TPSA) is 60.0 Å². The molecule has 2 aromatic heterocycles. The predicted octanol–water partition coefficient (Wildman–Crippen LogP) is 3.04. The number of rotatable bonds is 4. The van der Waals surface area contributed by atoms with Gasteiger partial charge in [-0.25, -0.2) is 4.98 Å². The van der Waals surface area contributed by atoms with Crippen molar-refractivity contribution in [2.24, 2.45) is 7.05 Å². The third kappa shape index (κ3) is 3.19. The molecule has 0 atom stereocenters. The van der Waals surface area contributed by atoms with Crippen LogP contribution in [0.4, 0.5) is 5.13 Å². The van der Waals surface area contributed by atoms with Crippen molar-refractivity contribution < 1.29 is 0 Å². The van der Waals surface area contributed by atoms with Gasteiger partial charge in [0.15, 0.2) is 5.13 Å². The van der Waals surface area contributed by atoms with Crippen molar-refractivity contribution in [2.45, 2.75) is 24.8 Å². The summed E-state index contributed by atoms with van der Waals surface area (Å²) in [4.78, 5) is 7.14. The summed E-state index contributed by atoms with van der Waals surface area (Å²) in [5, 5.41) is 7.30. The Morgan fingerprint density at radius 1 is 1.16 bits per heavy atom. The molecule has 1 aromatic carbocycles. The first-order valence-corrected chi connectivity index (χ1v) is 9.52. The number of hydrogen-bond donors (Lipinski definition) is 1. The van der Waals surface area contributed by atoms with Gasteiger partial charge in [0.2, 0.25) is 0 Å². The fourth-order valence-electron chi connectivity index (χ4n) is 3.83. The summed E-state index contributed by atoms with van der Waals surface area (Å²) in [5.74, 6) is 0. The number of piperidine rings is 1. The van der Waals surface area contributed by atoms with Crippen LogP contribution >= 0.6 is 11.3 Å². The molecule has 25 heavy (non-hydrogen) atoms. The smallest absolute Gasteiger partial charge is 0.180 e. The minimum Gasteiger partial charge on any atom is -0.375 e. The van der Waals surface area contributed by atoms with Crippen LogP contribution in [0.15, 0.2) is 48.0 Å². The second-order valence-corrected chi connectivity index (χ2v) is 7.67. The van der Waals surface area contributed by atoms with Crippen LogP contribution in [0.1, 0.15) is 29.8 Å². The van der Waals surface area contributed by atoms with Crippen LogP contribution in [0.25, 0.3) is 0 Å². The Hall–Kier alpha value is -2.18. The minimum atomic E-state index is -0.0317. The summed E-state index contributed by atoms with van der Waals surface area (Å²) in [6.45, 7) is 2.97. The third-order valence-electron chi connectivity index (χ3n) is 5.20. The van der Waals surface area contributed by atoms with Crippen LogP contribution in [-0.2, 0) is 19.0 Å². The van der Waals surface area contributed by atoms with Crippen LogP contribution in [0.5, 0.6) is 0 Å². The van der Waals surface area contributed by atoms with E-state index in [1.807, 2.05) is 17.9 Å². The van der Waals surface area contributed by atoms with Gasteiger partial charge in [-0.15, -0.1) is 11.3 Å². The highest BCUT2D eigenvalue weighted by Gasteiger charge is 2.39. The van der Waals surface area contributed by atoms with Gasteiger partial charge < -0.3 is 5.73 Å². The number of hydrogen-bond acceptors (Lipinski definition) is 5. The molecule has 6 heteroatoms. The van der Waals surface area contributed by atoms with Crippen LogP contribution in [0.2, 0.25) is 0 Å². The maximum Gasteiger partial charge on any atom is 0.180 e. The van der Waals surface area contributed by atoms with E-state index in [4.69, 9.17) is 5.73 Å². The van der Waals surface area contributed by atoms with E-state index in [0.29, 0.717) is 5.13 Å². The summed E-state index contributed by atoms with van der Waals surface area (Å²) in [6, 6.07) is 12.9. The van der Waals surface area contributed by atoms with Crippen molar-refractivity contribution in [2.75, 3.05) is 18.8 Å². The zero-order valence-electron chi connectivity index (χ0n) is 14.4. The highest BCUT2D eigenvalue weighted by atomic mass is 32.1. The fourth-order valence-corrected chi connectivity index (χ4v) is 4.49. The van der Waals surface area contributed by atoms with E-state index in [9.17, 15) is 0 Å². The van der Waals surface area contributed by atoms with Crippen LogP contribution in [-0.4, -0.2) is 32.8 Å². The van der Waals surface area contributed by atoms with Gasteiger partial charge in [0.25, 0.3) is 0 Å². The van der Waals surface area contributed by atoms with Gasteiger partial charge in [0.05, 0.1) is 11.4 Å². The highest BCUT2D eigenvalue weighted by Crippen LogP contribution is 2.42. The number of anilines is 1. The molecule has 0 spiro atoms. The summed E-state index contributed by atoms with van der Waals surface area (Å²) >= 11 is 1.54. The predicted molar refractivity (Wildman–Crippen MR) is 101 cm³/mol. The molecule has 130 valence electrons. The Kier molecular flexibility index (Phi) is 4.31. The summed E-state index contributed by atoms with van der Waals surface area (Å²) in [6.07, 6.45) is 4.10. The van der Waals surface area contributed by atoms with E-state index in [-0.39, 0.29) is 5.41 Å². The largest absolute Gasteiger partial charge is 0.375 e. The summed E-state index contributed by atoms with van der Waals surface area (Å²) in [5.41, 5.74) is 9.51. The lowest BCUT2D eigenvalue weighted by Crippen LogP contribution is -2.43. The number of likely N-dealkylation sites (tertiary alicyclic amines) is 1. The lowest BCUT2D eigenvalue weighted by Gasteiger charge is -2.41. The van der Waals surface area contributed by atoms with E-state index < -0.39 is 0 Å². The molecular formula is C19H23N5S. The zero-order chi connectivity index (χ0) is 17.3. The second-order valence-electron chi connectivity index (χ2n) is 6.78. The molecule has 0 saturated carbocycles. The maximum atomic E-state index is 5.94. The summed E-state index contributed by atoms with van der Waals surface area (Å²) in [7, 11) is 1.97. The molecule has 0 bridgehead atoms. The Morgan fingerprint density at radius 2 is 1.92 bits per heavy atom. The first-order chi connectivity index (χ1) is 12.2. The Morgan fingerprint density at radius 3 is 2.52 bits per heavy atom. The van der Waals surface area contributed by atoms with Crippen LogP contribution in [0, 0.1) is 0 Å². The molecule has 2 N–H and O–H groups in total. The van der Waals surface area contributed by atoms with Gasteiger partial charge in [-0.05, 0) is 37.6 Å². The van der Waals surface area contributed by atoms with Crippen molar-refractivity contribution in [3.8, 4) is 0 Å². The molecular weight excluding hydrogens is 330 g/mol. The molecule has 0 unspecified atom stereocenters. The molecule has 1 aliphatic rings. The van der Waals surface area contributed by atoms with Crippen molar-refractivity contribution in [1.29, 1.82) is 0 Å². The summed E-state index contributed by atoms with van der Waals surface area (Å²) < 4.78 is 1.87. The number of aromatic nitrogens is 3. The number of thiazole rings is 1. The number of nitrogens with zero attached hydrogens (tertiary/aromatic N) is 4. The number of nitrogens with two attached hydrogens (primary N) is 1. The zero-order valence-corrected chi connectivity index (χ0v) is 15.2. The first kappa shape index (κ1) is 16.3. The fraction of sp³-hybridized carbons (Fsp3) is 0.368. The molecule has 1 saturated heterocycles. The molecule has 0 aliphatic carbocycles. The molecule has 3 heterocycles. The van der Waals surface area contributed by atoms with Crippen molar-refractivity contribution in [3.05, 3.63) is 64.9 Å². The maximum absolute atomic E-state index is 5.94. The second kappa shape index (κ2) is 6.61. The highest BCUT2D eigenvalue weighted by molar-refractivity contribution is 7.13. The van der Waals surface area contributed by atoms with Crippen molar-refractivity contribution >= 4 is 16.5 Å². The van der Waals surface area contributed by atoms with Gasteiger partial charge >= 0.3 is 0 Å². The lowest BCUT2D eigenvalue weighted by atomic mass is 9.70. The Balaban J connectivity index is 1.57. The SMILES string of the molecule is Cn1ccc(CN2CCC(c3ccccc3)(c3csc(N)n3)CC2)n1. The average Bonchev–Trinajstić information content (AvgIpc) is 3.25. The van der Waals surface area contributed by atoms with E-state index in [1.165, 1.54) is 16.9 Å². The molecule has 0 radical (unpaired) electrons. The van der Waals surface area contributed by atoms with Gasteiger partial charge in [-0.1, -0.05) is 30.3 Å². The normalized spacial score (nSPS) is 17.6. The van der Waals surface area contributed by atoms with Crippen molar-refractivity contribution in [3.63, 3.8) is 0 Å². The van der Waals surface area contributed by atoms with Gasteiger partial charge in [0, 0.05) is 30.6 Å². The first-order valence-electron chi connectivity index (χ1n) is 8.64. The number of benzene rings is 1. The molecule has 4 rings (SSSR count). The van der Waals surface area contributed by atoms with Crippen molar-refractivity contribution in [1.82, 2.24) is 19.7 Å². The third-order valence-corrected chi connectivity index (χ3v) is 5.88. The average molecular weight is 353 g/mol. The van der Waals surface area contributed by atoms with E-state index in [1.54, 1.807) is 0 Å². The Labute approximate surface area is 152 Å². The van der Waals surface area contributed by atoms with Gasteiger partial charge in [-0.2, -0.15) is 5.10 Å². The van der Waals surface area contributed by atoms with E-state index in [2.05, 4.69) is 56.8 Å². The molecule has 3 aromatic rings. The standard InChI is InChI=1S/C19H23N5S/c1-23-10-7-16(22-23)13-24-11-8-19(9-12-24,15-5-3-2-4-6-15)17-14-25-18(20)21-17/h2-7,10,14H,8-9,11-13H2,1H3,(H2,20,21). The minimum absolute atomic E-state index is 0.0317. The van der Waals surface area contributed by atoms with Crippen LogP contribution in [0.3, 0.4) is 0 Å². The molecule has 1 aliphatic heterocycles. The number of nitrogen functional groups attached to an aromatic ring is 1. The van der Waals surface area contributed by atoms with Crippen LogP contribution < -0.4 is 5.73 Å². The quantitative estimate of drug-likeness (QED) is 0.783. The molecule has 5 nitrogen and oxygen atoms in total. The lowest BCUT2D eigenvalue weighted by molar-refractivity contribution is 0.168.